The molecule has 1 aliphatic rings. The number of thiophene rings is 1. The molecule has 4 rings (SSSR count). The largest absolute Gasteiger partial charge is 0.494 e. The molecule has 0 saturated carbocycles. The molecule has 8 heteroatoms. The Labute approximate surface area is 215 Å². The second-order valence-electron chi connectivity index (χ2n) is 8.50. The number of carbonyl (C=O) groups is 2. The Morgan fingerprint density at radius 2 is 1.91 bits per heavy atom. The van der Waals surface area contributed by atoms with Gasteiger partial charge in [-0.05, 0) is 63.3 Å². The lowest BCUT2D eigenvalue weighted by Crippen LogP contribution is -2.38. The Hall–Kier alpha value is -2.84. The highest BCUT2D eigenvalue weighted by Gasteiger charge is 2.29. The van der Waals surface area contributed by atoms with Crippen molar-refractivity contribution in [2.24, 2.45) is 0 Å². The number of nitrogens with zero attached hydrogens (tertiary/aromatic N) is 2. The zero-order chi connectivity index (χ0) is 24.8. The highest BCUT2D eigenvalue weighted by molar-refractivity contribution is 8.00. The number of aromatic nitrogens is 1. The summed E-state index contributed by atoms with van der Waals surface area (Å²) in [5.41, 5.74) is 3.26. The van der Waals surface area contributed by atoms with Crippen molar-refractivity contribution in [1.29, 1.82) is 0 Å². The third kappa shape index (κ3) is 6.05. The Kier molecular flexibility index (Phi) is 8.46. The second-order valence-corrected chi connectivity index (χ2v) is 10.7. The zero-order valence-electron chi connectivity index (χ0n) is 20.4. The SMILES string of the molecule is CCOc1ccccc1CNC(=O)c1ccc(C)nc1C1CCN(C(=O)c2ccc(SC)s2)CC1. The van der Waals surface area contributed by atoms with Gasteiger partial charge in [0.25, 0.3) is 11.8 Å². The number of nitrogens with one attached hydrogen (secondary N) is 1. The fourth-order valence-electron chi connectivity index (χ4n) is 4.35. The standard InChI is InChI=1S/C27H31N3O3S2/c1-4-33-22-8-6-5-7-20(22)17-28-26(31)21-10-9-18(2)29-25(21)19-13-15-30(16-14-19)27(32)23-11-12-24(34-3)35-23/h5-12,19H,4,13-17H2,1-3H3,(H,28,31). The summed E-state index contributed by atoms with van der Waals surface area (Å²) in [5, 5.41) is 3.05. The maximum atomic E-state index is 13.2. The van der Waals surface area contributed by atoms with Crippen molar-refractivity contribution in [3.05, 3.63) is 75.9 Å². The predicted octanol–water partition coefficient (Wildman–Crippen LogP) is 5.52. The molecule has 2 amide bonds. The number of pyridine rings is 1. The van der Waals surface area contributed by atoms with Crippen LogP contribution >= 0.6 is 23.1 Å². The molecule has 35 heavy (non-hydrogen) atoms. The summed E-state index contributed by atoms with van der Waals surface area (Å²) in [6.45, 7) is 6.17. The Morgan fingerprint density at radius 3 is 2.63 bits per heavy atom. The van der Waals surface area contributed by atoms with Gasteiger partial charge in [0.05, 0.1) is 27.0 Å². The number of aryl methyl sites for hydroxylation is 1. The van der Waals surface area contributed by atoms with Crippen molar-refractivity contribution in [2.75, 3.05) is 26.0 Å². The van der Waals surface area contributed by atoms with E-state index in [0.717, 1.165) is 44.6 Å². The van der Waals surface area contributed by atoms with Gasteiger partial charge in [-0.25, -0.2) is 0 Å². The van der Waals surface area contributed by atoms with Crippen LogP contribution in [0.4, 0.5) is 0 Å². The molecular formula is C27H31N3O3S2. The molecule has 3 heterocycles. The van der Waals surface area contributed by atoms with Gasteiger partial charge in [-0.1, -0.05) is 18.2 Å². The number of para-hydroxylation sites is 1. The highest BCUT2D eigenvalue weighted by atomic mass is 32.2. The number of carbonyl (C=O) groups excluding carboxylic acids is 2. The van der Waals surface area contributed by atoms with Gasteiger partial charge in [-0.2, -0.15) is 0 Å². The fraction of sp³-hybridized carbons (Fsp3) is 0.370. The highest BCUT2D eigenvalue weighted by Crippen LogP contribution is 2.32. The summed E-state index contributed by atoms with van der Waals surface area (Å²) in [6, 6.07) is 15.4. The van der Waals surface area contributed by atoms with Crippen molar-refractivity contribution >= 4 is 34.9 Å². The Morgan fingerprint density at radius 1 is 1.14 bits per heavy atom. The van der Waals surface area contributed by atoms with Gasteiger partial charge in [0, 0.05) is 36.8 Å². The van der Waals surface area contributed by atoms with Crippen LogP contribution in [0.25, 0.3) is 0 Å². The predicted molar refractivity (Wildman–Crippen MR) is 142 cm³/mol. The molecule has 0 bridgehead atoms. The zero-order valence-corrected chi connectivity index (χ0v) is 22.0. The van der Waals surface area contributed by atoms with Crippen LogP contribution in [-0.4, -0.2) is 47.7 Å². The van der Waals surface area contributed by atoms with E-state index in [-0.39, 0.29) is 17.7 Å². The van der Waals surface area contributed by atoms with Crippen LogP contribution in [0.15, 0.2) is 52.7 Å². The summed E-state index contributed by atoms with van der Waals surface area (Å²) in [7, 11) is 0. The van der Waals surface area contributed by atoms with Gasteiger partial charge >= 0.3 is 0 Å². The van der Waals surface area contributed by atoms with E-state index in [2.05, 4.69) is 5.32 Å². The van der Waals surface area contributed by atoms with E-state index in [1.165, 1.54) is 0 Å². The molecule has 1 fully saturated rings. The van der Waals surface area contributed by atoms with Gasteiger partial charge in [-0.3, -0.25) is 14.6 Å². The number of thioether (sulfide) groups is 1. The van der Waals surface area contributed by atoms with Crippen LogP contribution in [0.1, 0.15) is 62.7 Å². The maximum Gasteiger partial charge on any atom is 0.263 e. The van der Waals surface area contributed by atoms with Crippen LogP contribution in [0.3, 0.4) is 0 Å². The van der Waals surface area contributed by atoms with Gasteiger partial charge in [0.1, 0.15) is 5.75 Å². The van der Waals surface area contributed by atoms with Gasteiger partial charge in [-0.15, -0.1) is 23.1 Å². The monoisotopic (exact) mass is 509 g/mol. The normalized spacial score (nSPS) is 14.1. The summed E-state index contributed by atoms with van der Waals surface area (Å²) in [4.78, 5) is 33.6. The number of hydrogen-bond acceptors (Lipinski definition) is 6. The molecule has 0 spiro atoms. The lowest BCUT2D eigenvalue weighted by atomic mass is 9.89. The van der Waals surface area contributed by atoms with Crippen LogP contribution < -0.4 is 10.1 Å². The van der Waals surface area contributed by atoms with Crippen LogP contribution in [0.2, 0.25) is 0 Å². The van der Waals surface area contributed by atoms with E-state index in [0.29, 0.717) is 31.8 Å². The molecule has 1 aliphatic heterocycles. The average Bonchev–Trinajstić information content (AvgIpc) is 3.37. The topological polar surface area (TPSA) is 71.5 Å². The first kappa shape index (κ1) is 25.3. The molecule has 1 saturated heterocycles. The molecule has 0 atom stereocenters. The van der Waals surface area contributed by atoms with Crippen molar-refractivity contribution in [2.45, 2.75) is 43.4 Å². The molecule has 184 valence electrons. The van der Waals surface area contributed by atoms with Gasteiger partial charge in [0.2, 0.25) is 0 Å². The maximum absolute atomic E-state index is 13.2. The van der Waals surface area contributed by atoms with E-state index < -0.39 is 0 Å². The summed E-state index contributed by atoms with van der Waals surface area (Å²) in [5.74, 6) is 0.878. The summed E-state index contributed by atoms with van der Waals surface area (Å²) >= 11 is 3.20. The first-order valence-corrected chi connectivity index (χ1v) is 13.9. The average molecular weight is 510 g/mol. The number of hydrogen-bond donors (Lipinski definition) is 1. The van der Waals surface area contributed by atoms with Crippen molar-refractivity contribution in [1.82, 2.24) is 15.2 Å². The third-order valence-corrected chi connectivity index (χ3v) is 8.34. The summed E-state index contributed by atoms with van der Waals surface area (Å²) < 4.78 is 6.83. The number of piperidine rings is 1. The first-order valence-electron chi connectivity index (χ1n) is 11.9. The molecule has 0 unspecified atom stereocenters. The minimum Gasteiger partial charge on any atom is -0.494 e. The number of benzene rings is 1. The third-order valence-electron chi connectivity index (χ3n) is 6.18. The lowest BCUT2D eigenvalue weighted by Gasteiger charge is -2.32. The molecule has 1 aromatic carbocycles. The molecule has 6 nitrogen and oxygen atoms in total. The molecule has 2 aromatic heterocycles. The van der Waals surface area contributed by atoms with Gasteiger partial charge in [0.15, 0.2) is 0 Å². The van der Waals surface area contributed by atoms with Crippen molar-refractivity contribution in [3.8, 4) is 5.75 Å². The van der Waals surface area contributed by atoms with E-state index >= 15 is 0 Å². The number of likely N-dealkylation sites (tertiary alicyclic amines) is 1. The van der Waals surface area contributed by atoms with Crippen molar-refractivity contribution < 1.29 is 14.3 Å². The number of amides is 2. The number of rotatable bonds is 8. The number of ether oxygens (including phenoxy) is 1. The summed E-state index contributed by atoms with van der Waals surface area (Å²) in [6.07, 6.45) is 3.60. The van der Waals surface area contributed by atoms with Crippen LogP contribution in [0, 0.1) is 6.92 Å². The van der Waals surface area contributed by atoms with Crippen molar-refractivity contribution in [3.63, 3.8) is 0 Å². The molecule has 3 aromatic rings. The van der Waals surface area contributed by atoms with E-state index in [1.807, 2.05) is 73.5 Å². The Balaban J connectivity index is 1.43. The minimum absolute atomic E-state index is 0.0943. The molecule has 0 aliphatic carbocycles. The quantitative estimate of drug-likeness (QED) is 0.405. The fourth-order valence-corrected chi connectivity index (χ4v) is 5.87. The molecular weight excluding hydrogens is 478 g/mol. The molecule has 0 radical (unpaired) electrons. The Bertz CT molecular complexity index is 1190. The second kappa shape index (κ2) is 11.7. The first-order chi connectivity index (χ1) is 17.0. The smallest absolute Gasteiger partial charge is 0.263 e. The van der Waals surface area contributed by atoms with E-state index in [4.69, 9.17) is 9.72 Å². The van der Waals surface area contributed by atoms with E-state index in [1.54, 1.807) is 23.1 Å². The van der Waals surface area contributed by atoms with Crippen LogP contribution in [-0.2, 0) is 6.54 Å². The minimum atomic E-state index is -0.138. The molecule has 1 N–H and O–H groups in total. The lowest BCUT2D eigenvalue weighted by molar-refractivity contribution is 0.0715. The van der Waals surface area contributed by atoms with Gasteiger partial charge < -0.3 is 15.0 Å². The van der Waals surface area contributed by atoms with E-state index in [9.17, 15) is 9.59 Å². The van der Waals surface area contributed by atoms with Crippen LogP contribution in [0.5, 0.6) is 5.75 Å².